The zero-order chi connectivity index (χ0) is 23.0. The summed E-state index contributed by atoms with van der Waals surface area (Å²) in [6.45, 7) is 3.03. The molecule has 0 unspecified atom stereocenters. The van der Waals surface area contributed by atoms with E-state index in [0.29, 0.717) is 18.8 Å². The molecule has 6 heteroatoms. The van der Waals surface area contributed by atoms with Gasteiger partial charge in [-0.25, -0.2) is 0 Å². The summed E-state index contributed by atoms with van der Waals surface area (Å²) in [5.41, 5.74) is 3.39. The zero-order valence-corrected chi connectivity index (χ0v) is 20.4. The van der Waals surface area contributed by atoms with E-state index in [2.05, 4.69) is 53.4 Å². The lowest BCUT2D eigenvalue weighted by molar-refractivity contribution is -0.127. The Morgan fingerprint density at radius 2 is 1.41 bits per heavy atom. The van der Waals surface area contributed by atoms with E-state index in [9.17, 15) is 4.79 Å². The van der Waals surface area contributed by atoms with Crippen molar-refractivity contribution in [2.24, 2.45) is 0 Å². The number of ether oxygens (including phenoxy) is 2. The number of piperazine rings is 1. The predicted molar refractivity (Wildman–Crippen MR) is 139 cm³/mol. The lowest BCUT2D eigenvalue weighted by Gasteiger charge is -2.39. The molecule has 0 saturated carbocycles. The van der Waals surface area contributed by atoms with Crippen molar-refractivity contribution in [2.75, 3.05) is 40.4 Å². The number of methoxy groups -OCH3 is 2. The van der Waals surface area contributed by atoms with E-state index in [1.165, 1.54) is 11.1 Å². The lowest BCUT2D eigenvalue weighted by Crippen LogP contribution is -2.49. The number of benzene rings is 3. The molecule has 0 bridgehead atoms. The summed E-state index contributed by atoms with van der Waals surface area (Å²) in [5.74, 6) is 1.41. The highest BCUT2D eigenvalue weighted by atomic mass is 35.5. The van der Waals surface area contributed by atoms with Crippen molar-refractivity contribution in [2.45, 2.75) is 6.04 Å². The van der Waals surface area contributed by atoms with Crippen LogP contribution in [0, 0.1) is 0 Å². The minimum Gasteiger partial charge on any atom is -0.497 e. The Kier molecular flexibility index (Phi) is 9.14. The van der Waals surface area contributed by atoms with Gasteiger partial charge >= 0.3 is 0 Å². The Morgan fingerprint density at radius 3 is 1.94 bits per heavy atom. The molecular weight excluding hydrogens is 448 g/mol. The molecule has 1 heterocycles. The molecule has 34 heavy (non-hydrogen) atoms. The molecule has 0 N–H and O–H groups in total. The van der Waals surface area contributed by atoms with E-state index in [1.807, 2.05) is 41.3 Å². The fraction of sp³-hybridized carbons (Fsp3) is 0.250. The van der Waals surface area contributed by atoms with Crippen LogP contribution in [0.1, 0.15) is 22.7 Å². The van der Waals surface area contributed by atoms with Crippen molar-refractivity contribution in [1.82, 2.24) is 9.80 Å². The Bertz CT molecular complexity index is 1040. The number of hydrogen-bond donors (Lipinski definition) is 0. The summed E-state index contributed by atoms with van der Waals surface area (Å²) in [5, 5.41) is 0. The Hall–Kier alpha value is -3.28. The van der Waals surface area contributed by atoms with Crippen molar-refractivity contribution < 1.29 is 14.3 Å². The molecule has 1 fully saturated rings. The van der Waals surface area contributed by atoms with Crippen LogP contribution in [0.15, 0.2) is 84.9 Å². The first kappa shape index (κ1) is 25.3. The highest BCUT2D eigenvalue weighted by molar-refractivity contribution is 5.92. The van der Waals surface area contributed by atoms with Gasteiger partial charge in [-0.1, -0.05) is 60.7 Å². The summed E-state index contributed by atoms with van der Waals surface area (Å²) in [6.07, 6.45) is 3.44. The van der Waals surface area contributed by atoms with Crippen LogP contribution < -0.4 is 9.47 Å². The van der Waals surface area contributed by atoms with Crippen molar-refractivity contribution in [1.29, 1.82) is 0 Å². The Labute approximate surface area is 208 Å². The summed E-state index contributed by atoms with van der Waals surface area (Å²) in [4.78, 5) is 17.2. The van der Waals surface area contributed by atoms with Gasteiger partial charge in [-0.2, -0.15) is 0 Å². The molecule has 1 aliphatic rings. The van der Waals surface area contributed by atoms with Gasteiger partial charge in [-0.05, 0) is 29.3 Å². The van der Waals surface area contributed by atoms with Crippen molar-refractivity contribution in [3.8, 4) is 11.5 Å². The van der Waals surface area contributed by atoms with Gasteiger partial charge in [0.25, 0.3) is 0 Å². The van der Waals surface area contributed by atoms with Crippen LogP contribution in [0.4, 0.5) is 0 Å². The number of hydrogen-bond acceptors (Lipinski definition) is 4. The number of carbonyl (C=O) groups is 1. The lowest BCUT2D eigenvalue weighted by atomic mass is 9.96. The third kappa shape index (κ3) is 5.99. The molecule has 1 saturated heterocycles. The highest BCUT2D eigenvalue weighted by Crippen LogP contribution is 2.30. The van der Waals surface area contributed by atoms with E-state index in [0.717, 1.165) is 24.4 Å². The first-order valence-electron chi connectivity index (χ1n) is 11.2. The normalized spacial score (nSPS) is 14.1. The van der Waals surface area contributed by atoms with Crippen LogP contribution in [0.3, 0.4) is 0 Å². The van der Waals surface area contributed by atoms with Gasteiger partial charge in [0, 0.05) is 43.9 Å². The van der Waals surface area contributed by atoms with Gasteiger partial charge in [-0.3, -0.25) is 9.69 Å². The van der Waals surface area contributed by atoms with Crippen molar-refractivity contribution in [3.63, 3.8) is 0 Å². The van der Waals surface area contributed by atoms with Crippen LogP contribution in [-0.4, -0.2) is 56.1 Å². The maximum atomic E-state index is 12.9. The summed E-state index contributed by atoms with van der Waals surface area (Å²) in [6, 6.07) is 26.9. The van der Waals surface area contributed by atoms with Crippen LogP contribution in [-0.2, 0) is 4.79 Å². The molecule has 3 aromatic rings. The molecule has 1 aliphatic heterocycles. The van der Waals surface area contributed by atoms with Gasteiger partial charge in [-0.15, -0.1) is 12.4 Å². The monoisotopic (exact) mass is 478 g/mol. The van der Waals surface area contributed by atoms with Crippen LogP contribution in [0.5, 0.6) is 11.5 Å². The molecule has 4 rings (SSSR count). The fourth-order valence-corrected chi connectivity index (χ4v) is 4.31. The second-order valence-corrected chi connectivity index (χ2v) is 8.03. The highest BCUT2D eigenvalue weighted by Gasteiger charge is 2.27. The van der Waals surface area contributed by atoms with Crippen molar-refractivity contribution >= 4 is 24.4 Å². The number of nitrogens with zero attached hydrogens (tertiary/aromatic N) is 2. The van der Waals surface area contributed by atoms with Crippen LogP contribution in [0.25, 0.3) is 6.08 Å². The number of halogens is 1. The smallest absolute Gasteiger partial charge is 0.246 e. The van der Waals surface area contributed by atoms with Gasteiger partial charge in [0.1, 0.15) is 11.5 Å². The third-order valence-corrected chi connectivity index (χ3v) is 6.07. The van der Waals surface area contributed by atoms with Gasteiger partial charge in [0.15, 0.2) is 0 Å². The largest absolute Gasteiger partial charge is 0.497 e. The minimum absolute atomic E-state index is 0. The second-order valence-electron chi connectivity index (χ2n) is 8.03. The average molecular weight is 479 g/mol. The van der Waals surface area contributed by atoms with Gasteiger partial charge in [0.2, 0.25) is 5.91 Å². The Morgan fingerprint density at radius 1 is 0.824 bits per heavy atom. The van der Waals surface area contributed by atoms with E-state index in [1.54, 1.807) is 20.3 Å². The number of amides is 1. The van der Waals surface area contributed by atoms with Crippen molar-refractivity contribution in [3.05, 3.63) is 102 Å². The number of rotatable bonds is 7. The quantitative estimate of drug-likeness (QED) is 0.444. The van der Waals surface area contributed by atoms with Crippen LogP contribution >= 0.6 is 12.4 Å². The average Bonchev–Trinajstić information content (AvgIpc) is 2.89. The molecular formula is C28H31ClN2O3. The summed E-state index contributed by atoms with van der Waals surface area (Å²) in [7, 11) is 3.23. The van der Waals surface area contributed by atoms with Gasteiger partial charge < -0.3 is 14.4 Å². The van der Waals surface area contributed by atoms with E-state index in [-0.39, 0.29) is 24.4 Å². The predicted octanol–water partition coefficient (Wildman–Crippen LogP) is 5.07. The van der Waals surface area contributed by atoms with Gasteiger partial charge in [0.05, 0.1) is 20.3 Å². The summed E-state index contributed by atoms with van der Waals surface area (Å²) >= 11 is 0. The topological polar surface area (TPSA) is 42.0 Å². The SMILES string of the molecule is COc1ccc(/C=C/C(=O)N2CCN(C(c3ccccc3)c3ccccc3)CC2)c(OC)c1.Cl. The molecule has 3 aromatic carbocycles. The first-order valence-corrected chi connectivity index (χ1v) is 11.2. The minimum atomic E-state index is 0. The first-order chi connectivity index (χ1) is 16.2. The third-order valence-electron chi connectivity index (χ3n) is 6.07. The molecule has 0 spiro atoms. The molecule has 5 nitrogen and oxygen atoms in total. The molecule has 0 aliphatic carbocycles. The zero-order valence-electron chi connectivity index (χ0n) is 19.6. The van der Waals surface area contributed by atoms with Crippen LogP contribution in [0.2, 0.25) is 0 Å². The number of carbonyl (C=O) groups excluding carboxylic acids is 1. The molecule has 1 amide bonds. The molecule has 178 valence electrons. The second kappa shape index (κ2) is 12.3. The molecule has 0 atom stereocenters. The Balaban J connectivity index is 0.00000324. The fourth-order valence-electron chi connectivity index (χ4n) is 4.31. The molecule has 0 radical (unpaired) electrons. The molecule has 0 aromatic heterocycles. The van der Waals surface area contributed by atoms with E-state index in [4.69, 9.17) is 9.47 Å². The van der Waals surface area contributed by atoms with E-state index < -0.39 is 0 Å². The standard InChI is InChI=1S/C28H30N2O3.ClH/c1-32-25-15-13-22(26(21-25)33-2)14-16-27(31)29-17-19-30(20-18-29)28(23-9-5-3-6-10-23)24-11-7-4-8-12-24;/h3-16,21,28H,17-20H2,1-2H3;1H/b16-14+;. The maximum Gasteiger partial charge on any atom is 0.246 e. The summed E-state index contributed by atoms with van der Waals surface area (Å²) < 4.78 is 10.7. The maximum absolute atomic E-state index is 12.9. The van der Waals surface area contributed by atoms with E-state index >= 15 is 0 Å².